The number of ether oxygens (including phenoxy) is 1. The minimum absolute atomic E-state index is 0.135. The first-order valence-corrected chi connectivity index (χ1v) is 6.49. The lowest BCUT2D eigenvalue weighted by atomic mass is 9.89. The zero-order valence-electron chi connectivity index (χ0n) is 11.9. The summed E-state index contributed by atoms with van der Waals surface area (Å²) in [6, 6.07) is 3.67. The molecule has 0 saturated carbocycles. The van der Waals surface area contributed by atoms with Crippen LogP contribution < -0.4 is 10.1 Å². The Kier molecular flexibility index (Phi) is 4.39. The molecule has 11 nitrogen and oxygen atoms in total. The van der Waals surface area contributed by atoms with E-state index in [-0.39, 0.29) is 35.0 Å². The molecule has 2 rings (SSSR count). The molecular formula is C12H12N4O7. The van der Waals surface area contributed by atoms with E-state index in [9.17, 15) is 30.3 Å². The molecule has 23 heavy (non-hydrogen) atoms. The molecule has 1 heterocycles. The van der Waals surface area contributed by atoms with Crippen LogP contribution in [-0.4, -0.2) is 28.4 Å². The number of nitrogens with one attached hydrogen (secondary N) is 1. The van der Waals surface area contributed by atoms with E-state index in [4.69, 9.17) is 4.74 Å². The first kappa shape index (κ1) is 16.1. The molecule has 0 aromatic heterocycles. The number of nitro benzene ring substituents is 1. The van der Waals surface area contributed by atoms with Gasteiger partial charge in [-0.25, -0.2) is 0 Å². The molecule has 1 aliphatic heterocycles. The Labute approximate surface area is 129 Å². The summed E-state index contributed by atoms with van der Waals surface area (Å²) in [5, 5.41) is 35.4. The van der Waals surface area contributed by atoms with Gasteiger partial charge in [0.1, 0.15) is 5.75 Å². The molecule has 0 amide bonds. The van der Waals surface area contributed by atoms with Gasteiger partial charge >= 0.3 is 5.70 Å². The number of hydrogen-bond acceptors (Lipinski definition) is 8. The van der Waals surface area contributed by atoms with E-state index in [1.807, 2.05) is 0 Å². The van der Waals surface area contributed by atoms with E-state index in [0.717, 1.165) is 6.07 Å². The molecule has 0 radical (unpaired) electrons. The van der Waals surface area contributed by atoms with Crippen molar-refractivity contribution in [1.82, 2.24) is 5.32 Å². The van der Waals surface area contributed by atoms with Crippen LogP contribution >= 0.6 is 0 Å². The van der Waals surface area contributed by atoms with Crippen LogP contribution in [0.4, 0.5) is 5.69 Å². The van der Waals surface area contributed by atoms with Crippen molar-refractivity contribution >= 4 is 5.69 Å². The Morgan fingerprint density at radius 3 is 2.39 bits per heavy atom. The third kappa shape index (κ3) is 3.17. The van der Waals surface area contributed by atoms with Crippen molar-refractivity contribution in [2.24, 2.45) is 0 Å². The SMILES string of the molecule is CNC1=C([N+](=O)[O-])C(CC[N+](=O)[O-])c2cc([N+](=O)[O-])ccc2O1. The first-order valence-electron chi connectivity index (χ1n) is 6.49. The number of rotatable bonds is 6. The summed E-state index contributed by atoms with van der Waals surface area (Å²) in [7, 11) is 1.42. The number of allylic oxidation sites excluding steroid dienone is 1. The fourth-order valence-electron chi connectivity index (χ4n) is 2.40. The van der Waals surface area contributed by atoms with Gasteiger partial charge in [-0.05, 0) is 6.07 Å². The van der Waals surface area contributed by atoms with Gasteiger partial charge in [0.2, 0.25) is 6.54 Å². The van der Waals surface area contributed by atoms with Crippen LogP contribution in [0.25, 0.3) is 0 Å². The van der Waals surface area contributed by atoms with Crippen LogP contribution in [0.3, 0.4) is 0 Å². The van der Waals surface area contributed by atoms with E-state index in [2.05, 4.69) is 5.32 Å². The van der Waals surface area contributed by atoms with Crippen LogP contribution in [0, 0.1) is 30.3 Å². The normalized spacial score (nSPS) is 16.3. The van der Waals surface area contributed by atoms with Crippen LogP contribution in [0.15, 0.2) is 29.8 Å². The molecule has 1 atom stereocenters. The molecule has 0 bridgehead atoms. The zero-order valence-corrected chi connectivity index (χ0v) is 11.9. The van der Waals surface area contributed by atoms with Gasteiger partial charge < -0.3 is 10.1 Å². The Balaban J connectivity index is 2.56. The summed E-state index contributed by atoms with van der Waals surface area (Å²) in [5.74, 6) is -0.926. The second kappa shape index (κ2) is 6.25. The van der Waals surface area contributed by atoms with E-state index in [1.54, 1.807) is 0 Å². The standard InChI is InChI=1S/C12H12N4O7/c1-13-12-11(16(21)22)8(4-5-14(17)18)9-6-7(15(19)20)2-3-10(9)23-12/h2-3,6,8,13H,4-5H2,1H3. The van der Waals surface area contributed by atoms with Crippen molar-refractivity contribution in [3.63, 3.8) is 0 Å². The number of nitro groups is 3. The van der Waals surface area contributed by atoms with Gasteiger partial charge in [0, 0.05) is 36.1 Å². The van der Waals surface area contributed by atoms with Crippen molar-refractivity contribution in [2.45, 2.75) is 12.3 Å². The van der Waals surface area contributed by atoms with Crippen molar-refractivity contribution in [3.8, 4) is 5.75 Å². The third-order valence-corrected chi connectivity index (χ3v) is 3.38. The van der Waals surface area contributed by atoms with Crippen LogP contribution in [-0.2, 0) is 0 Å². The second-order valence-electron chi connectivity index (χ2n) is 4.70. The monoisotopic (exact) mass is 324 g/mol. The summed E-state index contributed by atoms with van der Waals surface area (Å²) < 4.78 is 5.36. The Morgan fingerprint density at radius 2 is 1.87 bits per heavy atom. The fraction of sp³-hybridized carbons (Fsp3) is 0.333. The first-order chi connectivity index (χ1) is 10.8. The minimum Gasteiger partial charge on any atom is -0.435 e. The van der Waals surface area contributed by atoms with Crippen molar-refractivity contribution < 1.29 is 19.5 Å². The third-order valence-electron chi connectivity index (χ3n) is 3.38. The molecule has 1 aliphatic rings. The molecule has 0 saturated heterocycles. The lowest BCUT2D eigenvalue weighted by Gasteiger charge is -2.24. The van der Waals surface area contributed by atoms with Crippen molar-refractivity contribution in [2.75, 3.05) is 13.6 Å². The quantitative estimate of drug-likeness (QED) is 0.609. The molecule has 1 unspecified atom stereocenters. The summed E-state index contributed by atoms with van der Waals surface area (Å²) in [6.07, 6.45) is -0.175. The maximum atomic E-state index is 11.3. The van der Waals surface area contributed by atoms with Gasteiger partial charge in [0.25, 0.3) is 11.6 Å². The van der Waals surface area contributed by atoms with E-state index in [1.165, 1.54) is 19.2 Å². The Morgan fingerprint density at radius 1 is 1.17 bits per heavy atom. The van der Waals surface area contributed by atoms with Gasteiger partial charge in [-0.15, -0.1) is 0 Å². The number of non-ortho nitro benzene ring substituents is 1. The number of fused-ring (bicyclic) bond motifs is 1. The maximum absolute atomic E-state index is 11.3. The average molecular weight is 324 g/mol. The largest absolute Gasteiger partial charge is 0.435 e. The maximum Gasteiger partial charge on any atom is 0.313 e. The van der Waals surface area contributed by atoms with E-state index in [0.29, 0.717) is 0 Å². The second-order valence-corrected chi connectivity index (χ2v) is 4.70. The lowest BCUT2D eigenvalue weighted by Crippen LogP contribution is -2.28. The highest BCUT2D eigenvalue weighted by atomic mass is 16.6. The highest BCUT2D eigenvalue weighted by molar-refractivity contribution is 5.50. The molecule has 1 aromatic carbocycles. The number of hydrogen-bond donors (Lipinski definition) is 1. The molecule has 122 valence electrons. The summed E-state index contributed by atoms with van der Waals surface area (Å²) in [5.41, 5.74) is -0.469. The van der Waals surface area contributed by atoms with Gasteiger partial charge in [-0.2, -0.15) is 0 Å². The number of nitrogens with zero attached hydrogens (tertiary/aromatic N) is 3. The molecular weight excluding hydrogens is 312 g/mol. The molecule has 1 N–H and O–H groups in total. The molecule has 11 heteroatoms. The highest BCUT2D eigenvalue weighted by Crippen LogP contribution is 2.42. The van der Waals surface area contributed by atoms with Gasteiger partial charge in [-0.3, -0.25) is 30.3 Å². The zero-order chi connectivity index (χ0) is 17.1. The van der Waals surface area contributed by atoms with Crippen LogP contribution in [0.2, 0.25) is 0 Å². The topological polar surface area (TPSA) is 151 Å². The Hall–Kier alpha value is -3.24. The predicted octanol–water partition coefficient (Wildman–Crippen LogP) is 1.40. The van der Waals surface area contributed by atoms with Crippen LogP contribution in [0.5, 0.6) is 5.75 Å². The van der Waals surface area contributed by atoms with Crippen LogP contribution in [0.1, 0.15) is 17.9 Å². The Bertz CT molecular complexity index is 715. The van der Waals surface area contributed by atoms with Gasteiger partial charge in [-0.1, -0.05) is 0 Å². The van der Waals surface area contributed by atoms with E-state index < -0.39 is 27.2 Å². The predicted molar refractivity (Wildman–Crippen MR) is 76.0 cm³/mol. The number of benzene rings is 1. The smallest absolute Gasteiger partial charge is 0.313 e. The lowest BCUT2D eigenvalue weighted by molar-refractivity contribution is -0.483. The molecule has 1 aromatic rings. The molecule has 0 spiro atoms. The van der Waals surface area contributed by atoms with Gasteiger partial charge in [0.05, 0.1) is 15.8 Å². The minimum atomic E-state index is -0.985. The van der Waals surface area contributed by atoms with E-state index >= 15 is 0 Å². The van der Waals surface area contributed by atoms with Gasteiger partial charge in [0.15, 0.2) is 0 Å². The fourth-order valence-corrected chi connectivity index (χ4v) is 2.40. The van der Waals surface area contributed by atoms with Crippen molar-refractivity contribution in [1.29, 1.82) is 0 Å². The highest BCUT2D eigenvalue weighted by Gasteiger charge is 2.39. The molecule has 0 fully saturated rings. The molecule has 0 aliphatic carbocycles. The summed E-state index contributed by atoms with van der Waals surface area (Å²) in [6.45, 7) is -0.513. The van der Waals surface area contributed by atoms with Crippen molar-refractivity contribution in [3.05, 3.63) is 65.7 Å². The summed E-state index contributed by atoms with van der Waals surface area (Å²) >= 11 is 0. The summed E-state index contributed by atoms with van der Waals surface area (Å²) in [4.78, 5) is 30.9. The average Bonchev–Trinajstić information content (AvgIpc) is 2.50.